The van der Waals surface area contributed by atoms with Crippen molar-refractivity contribution in [3.8, 4) is 11.5 Å². The highest BCUT2D eigenvalue weighted by molar-refractivity contribution is 8.13. The third-order valence-electron chi connectivity index (χ3n) is 3.01. The summed E-state index contributed by atoms with van der Waals surface area (Å²) >= 11 is 5.93. The van der Waals surface area contributed by atoms with Crippen LogP contribution in [0.1, 0.15) is 10.4 Å². The average Bonchev–Trinajstić information content (AvgIpc) is 2.47. The van der Waals surface area contributed by atoms with Gasteiger partial charge in [-0.25, -0.2) is 21.6 Å². The largest absolute Gasteiger partial charge is 0.478 e. The van der Waals surface area contributed by atoms with E-state index in [4.69, 9.17) is 27.0 Å². The number of rotatable bonds is 5. The van der Waals surface area contributed by atoms with Crippen molar-refractivity contribution in [2.75, 3.05) is 6.26 Å². The number of carboxylic acid groups (broad SMARTS) is 1. The predicted octanol–water partition coefficient (Wildman–Crippen LogP) is 3.16. The first-order valence-electron chi connectivity index (χ1n) is 6.39. The van der Waals surface area contributed by atoms with E-state index in [2.05, 4.69) is 0 Å². The molecular weight excluding hydrogens is 415 g/mol. The molecule has 0 spiro atoms. The fourth-order valence-corrected chi connectivity index (χ4v) is 3.54. The summed E-state index contributed by atoms with van der Waals surface area (Å²) in [5, 5.41) is 9.13. The summed E-state index contributed by atoms with van der Waals surface area (Å²) in [6.45, 7) is 0. The molecule has 0 unspecified atom stereocenters. The van der Waals surface area contributed by atoms with Gasteiger partial charge in [0.1, 0.15) is 17.1 Å². The fourth-order valence-electron chi connectivity index (χ4n) is 1.83. The van der Waals surface area contributed by atoms with Gasteiger partial charge in [-0.2, -0.15) is 0 Å². The van der Waals surface area contributed by atoms with Crippen molar-refractivity contribution >= 4 is 47.1 Å². The minimum Gasteiger partial charge on any atom is -0.478 e. The third kappa shape index (κ3) is 4.63. The van der Waals surface area contributed by atoms with Crippen LogP contribution in [0.2, 0.25) is 5.02 Å². The van der Waals surface area contributed by atoms with Crippen LogP contribution in [0.3, 0.4) is 0 Å². The van der Waals surface area contributed by atoms with E-state index < -0.39 is 30.4 Å². The molecule has 0 fully saturated rings. The Morgan fingerprint density at radius 2 is 1.56 bits per heavy atom. The second-order valence-electron chi connectivity index (χ2n) is 4.87. The van der Waals surface area contributed by atoms with Gasteiger partial charge >= 0.3 is 5.97 Å². The molecule has 0 atom stereocenters. The number of benzene rings is 2. The zero-order chi connectivity index (χ0) is 19.0. The fraction of sp³-hybridized carbons (Fsp3) is 0.0714. The second kappa shape index (κ2) is 6.83. The van der Waals surface area contributed by atoms with Gasteiger partial charge in [0, 0.05) is 16.9 Å². The zero-order valence-corrected chi connectivity index (χ0v) is 15.6. The van der Waals surface area contributed by atoms with Gasteiger partial charge < -0.3 is 9.84 Å². The number of carboxylic acids is 1. The molecular formula is C14H10Cl2O7S2. The number of carbonyl (C=O) groups is 1. The lowest BCUT2D eigenvalue weighted by atomic mass is 10.2. The SMILES string of the molecule is CS(=O)(=O)c1ccc(Oc2ccc(S(=O)(=O)Cl)cc2Cl)c(C(=O)O)c1. The Morgan fingerprint density at radius 3 is 2.04 bits per heavy atom. The molecule has 0 aliphatic heterocycles. The number of sulfone groups is 1. The Hall–Kier alpha value is -1.81. The van der Waals surface area contributed by atoms with Gasteiger partial charge in [-0.15, -0.1) is 0 Å². The standard InChI is InChI=1S/C14H10Cl2O7S2/c1-24(19,20)8-2-4-12(10(6-8)14(17)18)23-13-5-3-9(7-11(13)15)25(16,21)22/h2-7H,1H3,(H,17,18). The van der Waals surface area contributed by atoms with E-state index in [0.29, 0.717) is 0 Å². The van der Waals surface area contributed by atoms with Crippen LogP contribution in [0.5, 0.6) is 11.5 Å². The molecule has 0 aromatic heterocycles. The highest BCUT2D eigenvalue weighted by atomic mass is 35.7. The van der Waals surface area contributed by atoms with Crippen molar-refractivity contribution in [3.63, 3.8) is 0 Å². The summed E-state index contributed by atoms with van der Waals surface area (Å²) in [5.41, 5.74) is -0.395. The monoisotopic (exact) mass is 424 g/mol. The van der Waals surface area contributed by atoms with E-state index in [0.717, 1.165) is 24.5 Å². The molecule has 0 saturated carbocycles. The van der Waals surface area contributed by atoms with Gasteiger partial charge in [0.05, 0.1) is 14.8 Å². The van der Waals surface area contributed by atoms with Gasteiger partial charge in [-0.3, -0.25) is 0 Å². The van der Waals surface area contributed by atoms with Crippen LogP contribution in [0.4, 0.5) is 0 Å². The maximum absolute atomic E-state index is 11.5. The maximum Gasteiger partial charge on any atom is 0.339 e. The number of aromatic carboxylic acids is 1. The highest BCUT2D eigenvalue weighted by Gasteiger charge is 2.19. The van der Waals surface area contributed by atoms with Gasteiger partial charge in [0.25, 0.3) is 9.05 Å². The molecule has 2 aromatic rings. The first-order chi connectivity index (χ1) is 11.4. The Labute approximate surface area is 153 Å². The molecule has 134 valence electrons. The summed E-state index contributed by atoms with van der Waals surface area (Å²) in [7, 11) is -2.38. The van der Waals surface area contributed by atoms with Crippen LogP contribution in [0.25, 0.3) is 0 Å². The minimum absolute atomic E-state index is 0.0275. The number of hydrogen-bond donors (Lipinski definition) is 1. The molecule has 7 nitrogen and oxygen atoms in total. The Morgan fingerprint density at radius 1 is 1.00 bits per heavy atom. The number of hydrogen-bond acceptors (Lipinski definition) is 6. The summed E-state index contributed by atoms with van der Waals surface area (Å²) in [6.07, 6.45) is 0.941. The van der Waals surface area contributed by atoms with Crippen molar-refractivity contribution < 1.29 is 31.5 Å². The van der Waals surface area contributed by atoms with Crippen molar-refractivity contribution in [3.05, 3.63) is 47.0 Å². The lowest BCUT2D eigenvalue weighted by Gasteiger charge is -2.11. The molecule has 11 heteroatoms. The molecule has 1 N–H and O–H groups in total. The minimum atomic E-state index is -3.99. The van der Waals surface area contributed by atoms with E-state index in [1.807, 2.05) is 0 Å². The van der Waals surface area contributed by atoms with Crippen molar-refractivity contribution in [2.24, 2.45) is 0 Å². The molecule has 0 saturated heterocycles. The maximum atomic E-state index is 11.5. The van der Waals surface area contributed by atoms with Gasteiger partial charge in [-0.1, -0.05) is 11.6 Å². The molecule has 0 aliphatic carbocycles. The van der Waals surface area contributed by atoms with Crippen molar-refractivity contribution in [2.45, 2.75) is 9.79 Å². The molecule has 25 heavy (non-hydrogen) atoms. The third-order valence-corrected chi connectivity index (χ3v) is 5.77. The van der Waals surface area contributed by atoms with Gasteiger partial charge in [0.2, 0.25) is 0 Å². The van der Waals surface area contributed by atoms with Crippen LogP contribution < -0.4 is 4.74 Å². The van der Waals surface area contributed by atoms with Crippen LogP contribution in [0, 0.1) is 0 Å². The molecule has 0 aliphatic rings. The predicted molar refractivity (Wildman–Crippen MR) is 91.1 cm³/mol. The van der Waals surface area contributed by atoms with Crippen LogP contribution in [0.15, 0.2) is 46.2 Å². The first kappa shape index (κ1) is 19.5. The Balaban J connectivity index is 2.49. The quantitative estimate of drug-likeness (QED) is 0.732. The summed E-state index contributed by atoms with van der Waals surface area (Å²) < 4.78 is 51.0. The van der Waals surface area contributed by atoms with Gasteiger partial charge in [-0.05, 0) is 36.4 Å². The summed E-state index contributed by atoms with van der Waals surface area (Å²) in [4.78, 5) is 10.9. The normalized spacial score (nSPS) is 12.0. The van der Waals surface area contributed by atoms with Crippen molar-refractivity contribution in [1.29, 1.82) is 0 Å². The first-order valence-corrected chi connectivity index (χ1v) is 11.0. The van der Waals surface area contributed by atoms with Crippen LogP contribution in [-0.2, 0) is 18.9 Å². The van der Waals surface area contributed by atoms with Crippen LogP contribution in [-0.4, -0.2) is 34.2 Å². The number of ether oxygens (including phenoxy) is 1. The van der Waals surface area contributed by atoms with Gasteiger partial charge in [0.15, 0.2) is 9.84 Å². The average molecular weight is 425 g/mol. The molecule has 2 aromatic carbocycles. The molecule has 0 radical (unpaired) electrons. The topological polar surface area (TPSA) is 115 Å². The Bertz CT molecular complexity index is 1060. The van der Waals surface area contributed by atoms with E-state index in [9.17, 15) is 26.7 Å². The molecule has 2 rings (SSSR count). The summed E-state index contributed by atoms with van der Waals surface area (Å²) in [5.74, 6) is -1.60. The van der Waals surface area contributed by atoms with Crippen LogP contribution >= 0.6 is 22.3 Å². The number of halogens is 2. The van der Waals surface area contributed by atoms with E-state index in [1.54, 1.807) is 0 Å². The zero-order valence-electron chi connectivity index (χ0n) is 12.4. The lowest BCUT2D eigenvalue weighted by molar-refractivity contribution is 0.0694. The smallest absolute Gasteiger partial charge is 0.339 e. The highest BCUT2D eigenvalue weighted by Crippen LogP contribution is 2.34. The summed E-state index contributed by atoms with van der Waals surface area (Å²) in [6, 6.07) is 6.69. The van der Waals surface area contributed by atoms with E-state index >= 15 is 0 Å². The van der Waals surface area contributed by atoms with E-state index in [-0.39, 0.29) is 26.3 Å². The molecule has 0 bridgehead atoms. The second-order valence-corrected chi connectivity index (χ2v) is 9.86. The molecule has 0 heterocycles. The van der Waals surface area contributed by atoms with E-state index in [1.165, 1.54) is 18.2 Å². The lowest BCUT2D eigenvalue weighted by Crippen LogP contribution is -2.04. The Kier molecular flexibility index (Phi) is 5.33. The van der Waals surface area contributed by atoms with Crippen molar-refractivity contribution in [1.82, 2.24) is 0 Å². The molecule has 0 amide bonds.